The topological polar surface area (TPSA) is 48.3 Å². The Morgan fingerprint density at radius 3 is 3.00 bits per heavy atom. The zero-order valence-corrected chi connectivity index (χ0v) is 10.8. The van der Waals surface area contributed by atoms with E-state index in [9.17, 15) is 0 Å². The molecule has 0 aliphatic rings. The van der Waals surface area contributed by atoms with E-state index in [2.05, 4.69) is 23.5 Å². The maximum atomic E-state index is 5.42. The first kappa shape index (κ1) is 14.2. The number of hydrogen-bond acceptors (Lipinski definition) is 4. The third-order valence-corrected chi connectivity index (χ3v) is 2.31. The van der Waals surface area contributed by atoms with Crippen LogP contribution in [0.4, 0.5) is 0 Å². The van der Waals surface area contributed by atoms with Gasteiger partial charge in [-0.15, -0.1) is 0 Å². The smallest absolute Gasteiger partial charge is 0.0662 e. The Hall–Kier alpha value is -0.910. The molecule has 0 radical (unpaired) electrons. The first-order valence-electron chi connectivity index (χ1n) is 6.15. The lowest BCUT2D eigenvalue weighted by Gasteiger charge is -2.03. The van der Waals surface area contributed by atoms with Crippen LogP contribution < -0.4 is 5.32 Å². The highest BCUT2D eigenvalue weighted by Crippen LogP contribution is 1.97. The second-order valence-electron chi connectivity index (χ2n) is 3.89. The van der Waals surface area contributed by atoms with Crippen LogP contribution in [0.25, 0.3) is 0 Å². The molecular weight excluding hydrogens is 218 g/mol. The van der Waals surface area contributed by atoms with E-state index < -0.39 is 0 Å². The molecule has 1 rings (SSSR count). The summed E-state index contributed by atoms with van der Waals surface area (Å²) in [5.74, 6) is 0. The largest absolute Gasteiger partial charge is 0.383 e. The molecular formula is C12H23N3O2. The van der Waals surface area contributed by atoms with Crippen molar-refractivity contribution in [2.24, 2.45) is 0 Å². The SMILES string of the molecule is CCCOCCn1cc(CNCCOC)cn1. The maximum Gasteiger partial charge on any atom is 0.0662 e. The minimum Gasteiger partial charge on any atom is -0.383 e. The Balaban J connectivity index is 2.14. The van der Waals surface area contributed by atoms with Crippen molar-refractivity contribution in [2.45, 2.75) is 26.4 Å². The summed E-state index contributed by atoms with van der Waals surface area (Å²) in [4.78, 5) is 0. The maximum absolute atomic E-state index is 5.42. The van der Waals surface area contributed by atoms with Gasteiger partial charge in [0.15, 0.2) is 0 Å². The van der Waals surface area contributed by atoms with E-state index in [1.165, 1.54) is 5.56 Å². The second-order valence-corrected chi connectivity index (χ2v) is 3.89. The van der Waals surface area contributed by atoms with Crippen LogP contribution in [-0.4, -0.2) is 43.3 Å². The van der Waals surface area contributed by atoms with E-state index in [4.69, 9.17) is 9.47 Å². The van der Waals surface area contributed by atoms with Crippen LogP contribution in [0.2, 0.25) is 0 Å². The molecule has 0 saturated carbocycles. The third-order valence-electron chi connectivity index (χ3n) is 2.31. The summed E-state index contributed by atoms with van der Waals surface area (Å²) < 4.78 is 12.3. The number of hydrogen-bond donors (Lipinski definition) is 1. The fourth-order valence-corrected chi connectivity index (χ4v) is 1.43. The lowest BCUT2D eigenvalue weighted by Crippen LogP contribution is -2.18. The predicted octanol–water partition coefficient (Wildman–Crippen LogP) is 1.05. The molecule has 0 spiro atoms. The Morgan fingerprint density at radius 2 is 2.24 bits per heavy atom. The van der Waals surface area contributed by atoms with Gasteiger partial charge in [-0.2, -0.15) is 5.10 Å². The average Bonchev–Trinajstić information content (AvgIpc) is 2.78. The Labute approximate surface area is 103 Å². The standard InChI is InChI=1S/C12H23N3O2/c1-3-6-17-8-5-15-11-12(10-14-15)9-13-4-7-16-2/h10-11,13H,3-9H2,1-2H3. The zero-order valence-electron chi connectivity index (χ0n) is 10.8. The Kier molecular flexibility index (Phi) is 7.62. The predicted molar refractivity (Wildman–Crippen MR) is 66.9 cm³/mol. The summed E-state index contributed by atoms with van der Waals surface area (Å²) in [5.41, 5.74) is 1.19. The van der Waals surface area contributed by atoms with Gasteiger partial charge in [-0.1, -0.05) is 6.92 Å². The summed E-state index contributed by atoms with van der Waals surface area (Å²) in [7, 11) is 1.70. The molecule has 0 atom stereocenters. The molecule has 0 bridgehead atoms. The van der Waals surface area contributed by atoms with Gasteiger partial charge in [0.1, 0.15) is 0 Å². The molecule has 1 N–H and O–H groups in total. The molecule has 1 heterocycles. The number of nitrogens with zero attached hydrogens (tertiary/aromatic N) is 2. The average molecular weight is 241 g/mol. The van der Waals surface area contributed by atoms with Crippen LogP contribution >= 0.6 is 0 Å². The summed E-state index contributed by atoms with van der Waals surface area (Å²) in [6.45, 7) is 6.91. The highest BCUT2D eigenvalue weighted by atomic mass is 16.5. The van der Waals surface area contributed by atoms with Crippen LogP contribution in [0.1, 0.15) is 18.9 Å². The highest BCUT2D eigenvalue weighted by Gasteiger charge is 1.98. The lowest BCUT2D eigenvalue weighted by atomic mass is 10.3. The van der Waals surface area contributed by atoms with E-state index in [1.54, 1.807) is 7.11 Å². The first-order chi connectivity index (χ1) is 8.36. The minimum atomic E-state index is 0.728. The number of methoxy groups -OCH3 is 1. The molecule has 0 aliphatic carbocycles. The van der Waals surface area contributed by atoms with Gasteiger partial charge in [-0.25, -0.2) is 0 Å². The van der Waals surface area contributed by atoms with Crippen molar-refractivity contribution in [2.75, 3.05) is 33.5 Å². The molecule has 1 aromatic rings. The monoisotopic (exact) mass is 241 g/mol. The number of rotatable bonds is 10. The van der Waals surface area contributed by atoms with E-state index in [0.29, 0.717) is 0 Å². The fraction of sp³-hybridized carbons (Fsp3) is 0.750. The van der Waals surface area contributed by atoms with Crippen LogP contribution in [0.15, 0.2) is 12.4 Å². The number of ether oxygens (including phenoxy) is 2. The lowest BCUT2D eigenvalue weighted by molar-refractivity contribution is 0.124. The van der Waals surface area contributed by atoms with Crippen molar-refractivity contribution in [3.8, 4) is 0 Å². The van der Waals surface area contributed by atoms with Gasteiger partial charge < -0.3 is 14.8 Å². The summed E-state index contributed by atoms with van der Waals surface area (Å²) in [6, 6.07) is 0. The Bertz CT molecular complexity index is 263. The van der Waals surface area contributed by atoms with E-state index in [0.717, 1.165) is 45.9 Å². The van der Waals surface area contributed by atoms with Crippen LogP contribution in [0.5, 0.6) is 0 Å². The van der Waals surface area contributed by atoms with Gasteiger partial charge in [0.2, 0.25) is 0 Å². The summed E-state index contributed by atoms with van der Waals surface area (Å²) in [6.07, 6.45) is 5.00. The molecule has 0 aromatic carbocycles. The van der Waals surface area contributed by atoms with Crippen molar-refractivity contribution in [1.82, 2.24) is 15.1 Å². The van der Waals surface area contributed by atoms with Crippen LogP contribution in [0.3, 0.4) is 0 Å². The quantitative estimate of drug-likeness (QED) is 0.622. The molecule has 0 aliphatic heterocycles. The van der Waals surface area contributed by atoms with Gasteiger partial charge in [0, 0.05) is 38.6 Å². The van der Waals surface area contributed by atoms with Crippen molar-refractivity contribution in [1.29, 1.82) is 0 Å². The molecule has 1 aromatic heterocycles. The molecule has 0 amide bonds. The van der Waals surface area contributed by atoms with Crippen molar-refractivity contribution in [3.63, 3.8) is 0 Å². The van der Waals surface area contributed by atoms with Gasteiger partial charge in [0.25, 0.3) is 0 Å². The molecule has 0 fully saturated rings. The Morgan fingerprint density at radius 1 is 1.35 bits per heavy atom. The molecule has 5 nitrogen and oxygen atoms in total. The molecule has 98 valence electrons. The van der Waals surface area contributed by atoms with Crippen molar-refractivity contribution >= 4 is 0 Å². The van der Waals surface area contributed by atoms with Gasteiger partial charge in [-0.3, -0.25) is 4.68 Å². The fourth-order valence-electron chi connectivity index (χ4n) is 1.43. The van der Waals surface area contributed by atoms with E-state index in [1.807, 2.05) is 10.9 Å². The van der Waals surface area contributed by atoms with Crippen LogP contribution in [0, 0.1) is 0 Å². The van der Waals surface area contributed by atoms with E-state index in [-0.39, 0.29) is 0 Å². The van der Waals surface area contributed by atoms with Crippen LogP contribution in [-0.2, 0) is 22.6 Å². The normalized spacial score (nSPS) is 10.9. The highest BCUT2D eigenvalue weighted by molar-refractivity contribution is 5.03. The summed E-state index contributed by atoms with van der Waals surface area (Å²) >= 11 is 0. The second kappa shape index (κ2) is 9.15. The minimum absolute atomic E-state index is 0.728. The first-order valence-corrected chi connectivity index (χ1v) is 6.15. The van der Waals surface area contributed by atoms with Gasteiger partial charge in [0.05, 0.1) is 26.0 Å². The van der Waals surface area contributed by atoms with Gasteiger partial charge >= 0.3 is 0 Å². The molecule has 0 saturated heterocycles. The van der Waals surface area contributed by atoms with Gasteiger partial charge in [-0.05, 0) is 6.42 Å². The molecule has 17 heavy (non-hydrogen) atoms. The van der Waals surface area contributed by atoms with Crippen molar-refractivity contribution < 1.29 is 9.47 Å². The third kappa shape index (κ3) is 6.41. The van der Waals surface area contributed by atoms with Crippen molar-refractivity contribution in [3.05, 3.63) is 18.0 Å². The zero-order chi connectivity index (χ0) is 12.3. The summed E-state index contributed by atoms with van der Waals surface area (Å²) in [5, 5.41) is 7.56. The molecule has 0 unspecified atom stereocenters. The number of nitrogens with one attached hydrogen (secondary N) is 1. The van der Waals surface area contributed by atoms with E-state index >= 15 is 0 Å². The molecule has 5 heteroatoms. The number of aromatic nitrogens is 2.